The molecule has 11 heteroatoms. The molecular formula is C20H30N4O6S. The van der Waals surface area contributed by atoms with Crippen LogP contribution in [-0.4, -0.2) is 64.3 Å². The van der Waals surface area contributed by atoms with Crippen LogP contribution in [0.25, 0.3) is 0 Å². The maximum absolute atomic E-state index is 12.5. The maximum atomic E-state index is 12.5. The lowest BCUT2D eigenvalue weighted by atomic mass is 10.0. The van der Waals surface area contributed by atoms with Gasteiger partial charge in [0.15, 0.2) is 0 Å². The molecule has 1 rings (SSSR count). The average molecular weight is 455 g/mol. The zero-order valence-corrected chi connectivity index (χ0v) is 18.4. The Morgan fingerprint density at radius 2 is 1.65 bits per heavy atom. The molecule has 1 aromatic rings. The molecule has 0 radical (unpaired) electrons. The summed E-state index contributed by atoms with van der Waals surface area (Å²) in [7, 11) is 0. The van der Waals surface area contributed by atoms with Crippen molar-refractivity contribution in [1.29, 1.82) is 0 Å². The largest absolute Gasteiger partial charge is 0.508 e. The number of carboxylic acid groups (broad SMARTS) is 1. The number of phenols is 1. The summed E-state index contributed by atoms with van der Waals surface area (Å²) in [6, 6.07) is 2.96. The van der Waals surface area contributed by atoms with Crippen LogP contribution in [0.5, 0.6) is 5.75 Å². The fourth-order valence-electron chi connectivity index (χ4n) is 2.67. The van der Waals surface area contributed by atoms with Gasteiger partial charge in [0.1, 0.15) is 17.8 Å². The Kier molecular flexibility index (Phi) is 10.8. The Morgan fingerprint density at radius 1 is 1.03 bits per heavy atom. The van der Waals surface area contributed by atoms with E-state index in [9.17, 15) is 29.4 Å². The molecule has 3 amide bonds. The summed E-state index contributed by atoms with van der Waals surface area (Å²) in [4.78, 5) is 48.1. The van der Waals surface area contributed by atoms with Crippen LogP contribution in [0.2, 0.25) is 0 Å². The van der Waals surface area contributed by atoms with E-state index in [1.165, 1.54) is 12.1 Å². The minimum absolute atomic E-state index is 0.00292. The summed E-state index contributed by atoms with van der Waals surface area (Å²) in [6.07, 6.45) is 0.333. The molecule has 0 fully saturated rings. The number of phenolic OH excluding ortho intramolecular Hbond substituents is 1. The Balaban J connectivity index is 2.66. The van der Waals surface area contributed by atoms with E-state index in [4.69, 9.17) is 5.73 Å². The molecule has 0 bridgehead atoms. The van der Waals surface area contributed by atoms with Crippen LogP contribution in [0.3, 0.4) is 0 Å². The third-order valence-electron chi connectivity index (χ3n) is 4.31. The van der Waals surface area contributed by atoms with E-state index in [2.05, 4.69) is 28.6 Å². The van der Waals surface area contributed by atoms with Gasteiger partial charge in [0, 0.05) is 12.2 Å². The molecule has 1 aromatic carbocycles. The predicted molar refractivity (Wildman–Crippen MR) is 118 cm³/mol. The first-order valence-corrected chi connectivity index (χ1v) is 10.4. The van der Waals surface area contributed by atoms with Crippen LogP contribution < -0.4 is 21.7 Å². The summed E-state index contributed by atoms with van der Waals surface area (Å²) in [6.45, 7) is 3.29. The predicted octanol–water partition coefficient (Wildman–Crippen LogP) is -0.592. The molecular weight excluding hydrogens is 424 g/mol. The molecule has 0 heterocycles. The number of rotatable bonds is 12. The number of carbonyl (C=O) groups excluding carboxylic acids is 3. The van der Waals surface area contributed by atoms with E-state index in [1.54, 1.807) is 12.1 Å². The molecule has 0 spiro atoms. The van der Waals surface area contributed by atoms with Crippen molar-refractivity contribution in [3.63, 3.8) is 0 Å². The van der Waals surface area contributed by atoms with Crippen molar-refractivity contribution in [3.05, 3.63) is 29.8 Å². The van der Waals surface area contributed by atoms with Crippen LogP contribution >= 0.6 is 12.6 Å². The highest BCUT2D eigenvalue weighted by molar-refractivity contribution is 7.80. The van der Waals surface area contributed by atoms with Gasteiger partial charge in [0.2, 0.25) is 17.7 Å². The minimum atomic E-state index is -1.24. The van der Waals surface area contributed by atoms with Gasteiger partial charge in [0.25, 0.3) is 0 Å². The first-order chi connectivity index (χ1) is 14.5. The van der Waals surface area contributed by atoms with Gasteiger partial charge in [-0.1, -0.05) is 26.0 Å². The van der Waals surface area contributed by atoms with Gasteiger partial charge in [-0.2, -0.15) is 12.6 Å². The number of aromatic hydroxyl groups is 1. The fourth-order valence-corrected chi connectivity index (χ4v) is 2.83. The van der Waals surface area contributed by atoms with Gasteiger partial charge in [-0.05, 0) is 30.0 Å². The van der Waals surface area contributed by atoms with Crippen molar-refractivity contribution in [2.24, 2.45) is 11.7 Å². The molecule has 10 nitrogen and oxygen atoms in total. The topological polar surface area (TPSA) is 171 Å². The van der Waals surface area contributed by atoms with Gasteiger partial charge in [-0.25, -0.2) is 4.79 Å². The smallest absolute Gasteiger partial charge is 0.326 e. The van der Waals surface area contributed by atoms with Crippen LogP contribution in [0.4, 0.5) is 0 Å². The van der Waals surface area contributed by atoms with E-state index >= 15 is 0 Å². The third kappa shape index (κ3) is 9.71. The van der Waals surface area contributed by atoms with Gasteiger partial charge < -0.3 is 31.9 Å². The van der Waals surface area contributed by atoms with Crippen LogP contribution in [0, 0.1) is 5.92 Å². The summed E-state index contributed by atoms with van der Waals surface area (Å²) in [5.41, 5.74) is 6.23. The highest BCUT2D eigenvalue weighted by Gasteiger charge is 2.25. The number of hydrogen-bond donors (Lipinski definition) is 7. The third-order valence-corrected chi connectivity index (χ3v) is 4.70. The Labute approximate surface area is 186 Å². The maximum Gasteiger partial charge on any atom is 0.326 e. The zero-order chi connectivity index (χ0) is 23.6. The SMILES string of the molecule is CC(C)CC(NC(=O)C(N)CS)C(=O)NCC(=O)NC(Cc1ccc(O)cc1)C(=O)O. The molecule has 0 saturated carbocycles. The van der Waals surface area contributed by atoms with Crippen LogP contribution in [0.1, 0.15) is 25.8 Å². The number of carboxylic acids is 1. The van der Waals surface area contributed by atoms with E-state index in [0.29, 0.717) is 12.0 Å². The summed E-state index contributed by atoms with van der Waals surface area (Å²) in [5, 5.41) is 26.0. The molecule has 0 aliphatic heterocycles. The number of nitrogens with two attached hydrogens (primary N) is 1. The molecule has 31 heavy (non-hydrogen) atoms. The summed E-state index contributed by atoms with van der Waals surface area (Å²) >= 11 is 3.96. The van der Waals surface area contributed by atoms with Gasteiger partial charge in [-0.15, -0.1) is 0 Å². The summed E-state index contributed by atoms with van der Waals surface area (Å²) < 4.78 is 0. The first kappa shape index (κ1) is 26.2. The van der Waals surface area contributed by atoms with Crippen LogP contribution in [0.15, 0.2) is 24.3 Å². The number of aliphatic carboxylic acids is 1. The molecule has 0 saturated heterocycles. The second-order valence-electron chi connectivity index (χ2n) is 7.53. The molecule has 0 aliphatic rings. The van der Waals surface area contributed by atoms with E-state index < -0.39 is 48.4 Å². The molecule has 7 N–H and O–H groups in total. The highest BCUT2D eigenvalue weighted by Crippen LogP contribution is 2.11. The van der Waals surface area contributed by atoms with E-state index in [-0.39, 0.29) is 23.8 Å². The molecule has 0 aliphatic carbocycles. The lowest BCUT2D eigenvalue weighted by Crippen LogP contribution is -2.54. The van der Waals surface area contributed by atoms with Crippen molar-refractivity contribution in [3.8, 4) is 5.75 Å². The van der Waals surface area contributed by atoms with Crippen molar-refractivity contribution in [2.75, 3.05) is 12.3 Å². The lowest BCUT2D eigenvalue weighted by molar-refractivity contribution is -0.141. The van der Waals surface area contributed by atoms with Crippen molar-refractivity contribution >= 4 is 36.3 Å². The number of carbonyl (C=O) groups is 4. The van der Waals surface area contributed by atoms with E-state index in [0.717, 1.165) is 0 Å². The monoisotopic (exact) mass is 454 g/mol. The van der Waals surface area contributed by atoms with E-state index in [1.807, 2.05) is 13.8 Å². The molecule has 0 aromatic heterocycles. The average Bonchev–Trinajstić information content (AvgIpc) is 2.71. The van der Waals surface area contributed by atoms with Gasteiger partial charge >= 0.3 is 5.97 Å². The minimum Gasteiger partial charge on any atom is -0.508 e. The normalized spacial score (nSPS) is 13.7. The quantitative estimate of drug-likeness (QED) is 0.207. The van der Waals surface area contributed by atoms with Crippen molar-refractivity contribution in [2.45, 2.75) is 44.8 Å². The lowest BCUT2D eigenvalue weighted by Gasteiger charge is -2.22. The standard InChI is InChI=1S/C20H30N4O6S/c1-11(2)7-15(24-18(27)14(21)10-31)19(28)22-9-17(26)23-16(20(29)30)8-12-3-5-13(25)6-4-12/h3-6,11,14-16,25,31H,7-10,21H2,1-2H3,(H,22,28)(H,23,26)(H,24,27)(H,29,30). The van der Waals surface area contributed by atoms with Gasteiger partial charge in [0.05, 0.1) is 12.6 Å². The Hall–Kier alpha value is -2.79. The molecule has 3 unspecified atom stereocenters. The van der Waals surface area contributed by atoms with Gasteiger partial charge in [-0.3, -0.25) is 14.4 Å². The molecule has 172 valence electrons. The number of hydrogen-bond acceptors (Lipinski definition) is 7. The zero-order valence-electron chi connectivity index (χ0n) is 17.5. The Morgan fingerprint density at radius 3 is 2.16 bits per heavy atom. The summed E-state index contributed by atoms with van der Waals surface area (Å²) in [5.74, 6) is -2.80. The molecule has 3 atom stereocenters. The van der Waals surface area contributed by atoms with Crippen molar-refractivity contribution in [1.82, 2.24) is 16.0 Å². The first-order valence-electron chi connectivity index (χ1n) is 9.78. The van der Waals surface area contributed by atoms with Crippen LogP contribution in [-0.2, 0) is 25.6 Å². The highest BCUT2D eigenvalue weighted by atomic mass is 32.1. The number of thiol groups is 1. The Bertz CT molecular complexity index is 771. The number of benzene rings is 1. The number of amides is 3. The second-order valence-corrected chi connectivity index (χ2v) is 7.89. The van der Waals surface area contributed by atoms with Crippen molar-refractivity contribution < 1.29 is 29.4 Å². The number of nitrogens with one attached hydrogen (secondary N) is 3. The fraction of sp³-hybridized carbons (Fsp3) is 0.500. The second kappa shape index (κ2) is 12.8.